The highest BCUT2D eigenvalue weighted by atomic mass is 127. The molecule has 1 atom stereocenters. The number of alkyl halides is 1. The Kier molecular flexibility index (Phi) is 7.19. The molecule has 0 radical (unpaired) electrons. The summed E-state index contributed by atoms with van der Waals surface area (Å²) in [5.41, 5.74) is 0. The SMILES string of the molecule is CO[Si](C)(C)O[SiH](C)O[Si](C)(C)CI=N. The lowest BCUT2D eigenvalue weighted by atomic mass is 11.8. The van der Waals surface area contributed by atoms with E-state index in [0.29, 0.717) is 0 Å². The molecule has 8 heteroatoms. The van der Waals surface area contributed by atoms with Crippen LogP contribution in [-0.2, 0) is 12.7 Å². The first-order chi connectivity index (χ1) is 6.72. The van der Waals surface area contributed by atoms with Crippen molar-refractivity contribution in [3.8, 4) is 0 Å². The van der Waals surface area contributed by atoms with E-state index < -0.39 is 47.2 Å². The molecule has 0 heterocycles. The van der Waals surface area contributed by atoms with Gasteiger partial charge in [-0.3, -0.25) is 3.56 Å². The third-order valence-electron chi connectivity index (χ3n) is 1.81. The van der Waals surface area contributed by atoms with Crippen LogP contribution in [0, 0.1) is 3.56 Å². The summed E-state index contributed by atoms with van der Waals surface area (Å²) in [6, 6.07) is 0. The Morgan fingerprint density at radius 1 is 1.20 bits per heavy atom. The second-order valence-corrected chi connectivity index (χ2v) is 17.5. The summed E-state index contributed by atoms with van der Waals surface area (Å²) in [7, 11) is -3.43. The van der Waals surface area contributed by atoms with E-state index in [9.17, 15) is 0 Å². The molecule has 0 bridgehead atoms. The van der Waals surface area contributed by atoms with Gasteiger partial charge in [-0.15, -0.1) is 0 Å². The van der Waals surface area contributed by atoms with Crippen molar-refractivity contribution in [3.63, 3.8) is 0 Å². The highest BCUT2D eigenvalue weighted by Gasteiger charge is 2.31. The Morgan fingerprint density at radius 3 is 2.13 bits per heavy atom. The molecule has 0 saturated carbocycles. The minimum atomic E-state index is -1.94. The Labute approximate surface area is 107 Å². The number of hydrogen-bond donors (Lipinski definition) is 1. The minimum Gasteiger partial charge on any atom is -0.438 e. The summed E-state index contributed by atoms with van der Waals surface area (Å²) in [5, 5.41) is 0. The molecule has 0 aliphatic carbocycles. The van der Waals surface area contributed by atoms with Crippen molar-refractivity contribution < 1.29 is 12.7 Å². The molecule has 0 aliphatic heterocycles. The molecule has 0 spiro atoms. The molecular weight excluding hydrogens is 357 g/mol. The van der Waals surface area contributed by atoms with Gasteiger partial charge in [0.05, 0.1) is 0 Å². The fourth-order valence-corrected chi connectivity index (χ4v) is 13.9. The van der Waals surface area contributed by atoms with Gasteiger partial charge in [0.2, 0.25) is 0 Å². The van der Waals surface area contributed by atoms with Gasteiger partial charge in [0.25, 0.3) is 9.28 Å². The Hall–Kier alpha value is 1.06. The molecular formula is C7H22INO3Si3. The maximum atomic E-state index is 7.34. The van der Waals surface area contributed by atoms with Gasteiger partial charge < -0.3 is 12.7 Å². The van der Waals surface area contributed by atoms with Gasteiger partial charge in [-0.25, -0.2) is 0 Å². The summed E-state index contributed by atoms with van der Waals surface area (Å²) in [6.07, 6.45) is 0. The van der Waals surface area contributed by atoms with E-state index in [0.717, 1.165) is 4.05 Å². The van der Waals surface area contributed by atoms with Gasteiger partial charge in [-0.05, 0) is 53.8 Å². The predicted molar refractivity (Wildman–Crippen MR) is 78.8 cm³/mol. The fraction of sp³-hybridized carbons (Fsp3) is 1.00. The standard InChI is InChI=1S/C7H22INO3Si3/c1-10-15(5,6)12-13(2)11-14(3,4)7-8-9/h9,13H,7H2,1-6H3. The predicted octanol–water partition coefficient (Wildman–Crippen LogP) is 2.70. The second-order valence-electron chi connectivity index (χ2n) is 4.43. The average Bonchev–Trinajstić information content (AvgIpc) is 2.01. The van der Waals surface area contributed by atoms with E-state index in [4.69, 9.17) is 16.2 Å². The van der Waals surface area contributed by atoms with Crippen molar-refractivity contribution in [1.29, 1.82) is 3.56 Å². The summed E-state index contributed by atoms with van der Waals surface area (Å²) in [4.78, 5) is 0. The lowest BCUT2D eigenvalue weighted by Crippen LogP contribution is -2.46. The molecule has 0 aromatic carbocycles. The molecule has 0 rings (SSSR count). The van der Waals surface area contributed by atoms with Gasteiger partial charge in [0.1, 0.15) is 0 Å². The van der Waals surface area contributed by atoms with E-state index in [1.807, 2.05) is 13.1 Å². The fourth-order valence-electron chi connectivity index (χ4n) is 1.11. The number of rotatable bonds is 7. The molecule has 0 saturated heterocycles. The quantitative estimate of drug-likeness (QED) is 0.420. The van der Waals surface area contributed by atoms with Crippen LogP contribution in [-0.4, -0.2) is 37.3 Å². The van der Waals surface area contributed by atoms with Crippen molar-refractivity contribution in [1.82, 2.24) is 0 Å². The van der Waals surface area contributed by atoms with E-state index in [-0.39, 0.29) is 0 Å². The molecule has 4 nitrogen and oxygen atoms in total. The first-order valence-corrected chi connectivity index (χ1v) is 15.5. The molecule has 0 aromatic heterocycles. The van der Waals surface area contributed by atoms with Gasteiger partial charge in [-0.1, -0.05) is 0 Å². The third kappa shape index (κ3) is 7.88. The number of nitrogens with one attached hydrogen (secondary N) is 1. The maximum Gasteiger partial charge on any atom is 0.322 e. The lowest BCUT2D eigenvalue weighted by molar-refractivity contribution is 0.292. The van der Waals surface area contributed by atoms with E-state index in [2.05, 4.69) is 19.6 Å². The molecule has 0 aromatic rings. The van der Waals surface area contributed by atoms with Gasteiger partial charge in [0, 0.05) is 11.2 Å². The Morgan fingerprint density at radius 2 is 1.73 bits per heavy atom. The molecule has 92 valence electrons. The summed E-state index contributed by atoms with van der Waals surface area (Å²) >= 11 is -0.419. The van der Waals surface area contributed by atoms with Crippen LogP contribution < -0.4 is 0 Å². The summed E-state index contributed by atoms with van der Waals surface area (Å²) in [6.45, 7) is 10.5. The lowest BCUT2D eigenvalue weighted by Gasteiger charge is -2.30. The minimum absolute atomic E-state index is 0.419. The number of halogens is 1. The van der Waals surface area contributed by atoms with Crippen LogP contribution in [0.1, 0.15) is 0 Å². The monoisotopic (exact) mass is 379 g/mol. The van der Waals surface area contributed by atoms with Crippen molar-refractivity contribution in [3.05, 3.63) is 0 Å². The first-order valence-electron chi connectivity index (χ1n) is 4.88. The molecule has 1 N–H and O–H groups in total. The zero-order valence-corrected chi connectivity index (χ0v) is 15.7. The Bertz CT molecular complexity index is 216. The summed E-state index contributed by atoms with van der Waals surface area (Å²) in [5.74, 6) is 0. The zero-order chi connectivity index (χ0) is 12.1. The smallest absolute Gasteiger partial charge is 0.322 e. The van der Waals surface area contributed by atoms with E-state index in [1.54, 1.807) is 7.11 Å². The molecule has 0 fully saturated rings. The first kappa shape index (κ1) is 16.1. The van der Waals surface area contributed by atoms with Crippen LogP contribution in [0.2, 0.25) is 32.7 Å². The van der Waals surface area contributed by atoms with Gasteiger partial charge in [0.15, 0.2) is 8.32 Å². The molecule has 0 amide bonds. The highest BCUT2D eigenvalue weighted by Crippen LogP contribution is 2.15. The topological polar surface area (TPSA) is 51.5 Å². The second kappa shape index (κ2) is 6.71. The molecule has 0 aliphatic rings. The average molecular weight is 379 g/mol. The van der Waals surface area contributed by atoms with E-state index >= 15 is 0 Å². The highest BCUT2D eigenvalue weighted by molar-refractivity contribution is 14.1. The van der Waals surface area contributed by atoms with Gasteiger partial charge in [-0.2, -0.15) is 0 Å². The van der Waals surface area contributed by atoms with E-state index in [1.165, 1.54) is 0 Å². The largest absolute Gasteiger partial charge is 0.438 e. The van der Waals surface area contributed by atoms with Crippen LogP contribution in [0.15, 0.2) is 0 Å². The van der Waals surface area contributed by atoms with Gasteiger partial charge >= 0.3 is 8.56 Å². The normalized spacial score (nSPS) is 15.3. The number of hydrogen-bond acceptors (Lipinski definition) is 4. The van der Waals surface area contributed by atoms with Crippen molar-refractivity contribution >= 4 is 47.2 Å². The van der Waals surface area contributed by atoms with Crippen LogP contribution in [0.4, 0.5) is 0 Å². The van der Waals surface area contributed by atoms with Crippen LogP contribution >= 0.6 is 21.0 Å². The van der Waals surface area contributed by atoms with Crippen LogP contribution in [0.25, 0.3) is 0 Å². The Balaban J connectivity index is 4.13. The summed E-state index contributed by atoms with van der Waals surface area (Å²) < 4.78 is 25.6. The van der Waals surface area contributed by atoms with Crippen molar-refractivity contribution in [2.75, 3.05) is 11.2 Å². The zero-order valence-electron chi connectivity index (χ0n) is 10.4. The van der Waals surface area contributed by atoms with Crippen LogP contribution in [0.5, 0.6) is 0 Å². The van der Waals surface area contributed by atoms with Crippen LogP contribution in [0.3, 0.4) is 0 Å². The van der Waals surface area contributed by atoms with Crippen molar-refractivity contribution in [2.24, 2.45) is 0 Å². The maximum absolute atomic E-state index is 7.34. The third-order valence-corrected chi connectivity index (χ3v) is 17.7. The molecule has 1 unspecified atom stereocenters. The molecule has 15 heavy (non-hydrogen) atoms. The van der Waals surface area contributed by atoms with Crippen molar-refractivity contribution in [2.45, 2.75) is 32.7 Å².